The van der Waals surface area contributed by atoms with Crippen LogP contribution in [0.15, 0.2) is 36.7 Å². The zero-order chi connectivity index (χ0) is 26.7. The van der Waals surface area contributed by atoms with Gasteiger partial charge in [-0.1, -0.05) is 6.07 Å². The van der Waals surface area contributed by atoms with Crippen LogP contribution in [0.2, 0.25) is 0 Å². The lowest BCUT2D eigenvalue weighted by Gasteiger charge is -2.35. The molecular formula is C24H23F6N5O2. The van der Waals surface area contributed by atoms with Gasteiger partial charge in [0.1, 0.15) is 23.3 Å². The minimum atomic E-state index is -5.08. The minimum Gasteiger partial charge on any atom is -0.475 e. The predicted molar refractivity (Wildman–Crippen MR) is 123 cm³/mol. The second kappa shape index (κ2) is 10.8. The number of carboxylic acids is 1. The van der Waals surface area contributed by atoms with Gasteiger partial charge < -0.3 is 15.3 Å². The van der Waals surface area contributed by atoms with Gasteiger partial charge in [-0.3, -0.25) is 4.98 Å². The Hall–Kier alpha value is -3.64. The third-order valence-electron chi connectivity index (χ3n) is 6.12. The Bertz CT molecular complexity index is 1260. The van der Waals surface area contributed by atoms with E-state index in [0.29, 0.717) is 37.5 Å². The molecule has 3 heterocycles. The lowest BCUT2D eigenvalue weighted by Crippen LogP contribution is -2.36. The Morgan fingerprint density at radius 1 is 1.05 bits per heavy atom. The molecule has 1 saturated carbocycles. The third kappa shape index (κ3) is 6.57. The van der Waals surface area contributed by atoms with Crippen LogP contribution in [-0.4, -0.2) is 51.3 Å². The van der Waals surface area contributed by atoms with Crippen LogP contribution in [0.3, 0.4) is 0 Å². The van der Waals surface area contributed by atoms with E-state index in [0.717, 1.165) is 42.1 Å². The van der Waals surface area contributed by atoms with Crippen molar-refractivity contribution >= 4 is 28.6 Å². The van der Waals surface area contributed by atoms with Crippen molar-refractivity contribution in [1.82, 2.24) is 15.0 Å². The van der Waals surface area contributed by atoms with Crippen LogP contribution in [0.25, 0.3) is 11.0 Å². The number of hydrogen-bond donors (Lipinski definition) is 2. The summed E-state index contributed by atoms with van der Waals surface area (Å²) in [5, 5.41) is 10.6. The highest BCUT2D eigenvalue weighted by molar-refractivity contribution is 5.80. The van der Waals surface area contributed by atoms with Gasteiger partial charge in [0.15, 0.2) is 11.6 Å². The molecule has 13 heteroatoms. The van der Waals surface area contributed by atoms with Crippen molar-refractivity contribution in [2.24, 2.45) is 5.92 Å². The molecule has 0 spiro atoms. The van der Waals surface area contributed by atoms with Crippen LogP contribution < -0.4 is 10.2 Å². The Morgan fingerprint density at radius 2 is 1.73 bits per heavy atom. The van der Waals surface area contributed by atoms with E-state index >= 15 is 0 Å². The van der Waals surface area contributed by atoms with Gasteiger partial charge in [-0.25, -0.2) is 27.9 Å². The average molecular weight is 527 g/mol. The Kier molecular flexibility index (Phi) is 7.69. The summed E-state index contributed by atoms with van der Waals surface area (Å²) in [6.45, 7) is 1.18. The molecule has 5 rings (SSSR count). The number of aliphatic carboxylic acids is 1. The molecule has 1 atom stereocenters. The standard InChI is InChI=1S/C22H22F3N5.C2HF3O2/c23-14-1-4-16(17(24)11-14)20(25)13-6-9-30(10-7-13)22-21(27-15-2-3-15)28-18-5-8-26-12-19(18)29-22;3-2(4,5)1(6)7/h1,4-5,8,11-13,15,20H,2-3,6-7,9-10H2,(H,27,28);(H,6,7)/t20-;/m0./s1. The Morgan fingerprint density at radius 3 is 2.32 bits per heavy atom. The minimum absolute atomic E-state index is 0.0671. The van der Waals surface area contributed by atoms with E-state index in [-0.39, 0.29) is 11.5 Å². The van der Waals surface area contributed by atoms with E-state index in [4.69, 9.17) is 19.9 Å². The molecule has 7 nitrogen and oxygen atoms in total. The number of benzene rings is 1. The van der Waals surface area contributed by atoms with Gasteiger partial charge in [-0.05, 0) is 43.7 Å². The maximum Gasteiger partial charge on any atom is 0.490 e. The van der Waals surface area contributed by atoms with Gasteiger partial charge in [-0.15, -0.1) is 0 Å². The first kappa shape index (κ1) is 26.4. The normalized spacial score (nSPS) is 17.2. The summed E-state index contributed by atoms with van der Waals surface area (Å²) in [6.07, 6.45) is 0.173. The molecule has 198 valence electrons. The number of anilines is 2. The van der Waals surface area contributed by atoms with Crippen LogP contribution in [0.4, 0.5) is 38.0 Å². The molecule has 2 N–H and O–H groups in total. The molecule has 2 fully saturated rings. The third-order valence-corrected chi connectivity index (χ3v) is 6.12. The van der Waals surface area contributed by atoms with E-state index in [9.17, 15) is 26.3 Å². The molecule has 1 saturated heterocycles. The van der Waals surface area contributed by atoms with Gasteiger partial charge >= 0.3 is 12.1 Å². The number of nitrogens with zero attached hydrogens (tertiary/aromatic N) is 4. The fraction of sp³-hybridized carbons (Fsp3) is 0.417. The molecular weight excluding hydrogens is 504 g/mol. The van der Waals surface area contributed by atoms with Crippen molar-refractivity contribution in [1.29, 1.82) is 0 Å². The molecule has 0 radical (unpaired) electrons. The summed E-state index contributed by atoms with van der Waals surface area (Å²) >= 11 is 0. The summed E-state index contributed by atoms with van der Waals surface area (Å²) < 4.78 is 73.9. The maximum atomic E-state index is 15.0. The van der Waals surface area contributed by atoms with Crippen molar-refractivity contribution in [3.63, 3.8) is 0 Å². The average Bonchev–Trinajstić information content (AvgIpc) is 3.67. The van der Waals surface area contributed by atoms with E-state index in [1.54, 1.807) is 12.4 Å². The van der Waals surface area contributed by atoms with Crippen LogP contribution in [-0.2, 0) is 4.79 Å². The number of rotatable bonds is 5. The largest absolute Gasteiger partial charge is 0.490 e. The summed E-state index contributed by atoms with van der Waals surface area (Å²) in [5.41, 5.74) is 1.43. The second-order valence-corrected chi connectivity index (χ2v) is 8.87. The molecule has 1 aromatic carbocycles. The number of alkyl halides is 4. The molecule has 1 aliphatic carbocycles. The van der Waals surface area contributed by atoms with E-state index in [1.165, 1.54) is 6.07 Å². The number of fused-ring (bicyclic) bond motifs is 1. The molecule has 0 unspecified atom stereocenters. The topological polar surface area (TPSA) is 91.2 Å². The van der Waals surface area contributed by atoms with E-state index < -0.39 is 30.0 Å². The first-order chi connectivity index (χ1) is 17.5. The smallest absolute Gasteiger partial charge is 0.475 e. The zero-order valence-corrected chi connectivity index (χ0v) is 19.4. The van der Waals surface area contributed by atoms with E-state index in [2.05, 4.69) is 15.2 Å². The number of nitrogens with one attached hydrogen (secondary N) is 1. The van der Waals surface area contributed by atoms with Crippen LogP contribution in [0, 0.1) is 17.6 Å². The molecule has 37 heavy (non-hydrogen) atoms. The predicted octanol–water partition coefficient (Wildman–Crippen LogP) is 5.44. The number of carboxylic acid groups (broad SMARTS) is 1. The van der Waals surface area contributed by atoms with Crippen molar-refractivity contribution in [2.45, 2.75) is 44.1 Å². The van der Waals surface area contributed by atoms with Crippen molar-refractivity contribution < 1.29 is 36.2 Å². The van der Waals surface area contributed by atoms with E-state index in [1.807, 2.05) is 6.07 Å². The van der Waals surface area contributed by atoms with Crippen molar-refractivity contribution in [3.8, 4) is 0 Å². The first-order valence-corrected chi connectivity index (χ1v) is 11.6. The van der Waals surface area contributed by atoms with Gasteiger partial charge in [0.05, 0.1) is 11.7 Å². The Balaban J connectivity index is 0.000000405. The highest BCUT2D eigenvalue weighted by Gasteiger charge is 2.38. The number of aromatic nitrogens is 3. The quantitative estimate of drug-likeness (QED) is 0.427. The van der Waals surface area contributed by atoms with Gasteiger partial charge in [-0.2, -0.15) is 13.2 Å². The molecule has 2 aromatic heterocycles. The molecule has 3 aromatic rings. The lowest BCUT2D eigenvalue weighted by atomic mass is 9.88. The second-order valence-electron chi connectivity index (χ2n) is 8.87. The molecule has 1 aliphatic heterocycles. The summed E-state index contributed by atoms with van der Waals surface area (Å²) in [6, 6.07) is 5.31. The maximum absolute atomic E-state index is 15.0. The van der Waals surface area contributed by atoms with Crippen LogP contribution in [0.5, 0.6) is 0 Å². The zero-order valence-electron chi connectivity index (χ0n) is 19.4. The number of pyridine rings is 1. The summed E-state index contributed by atoms with van der Waals surface area (Å²) in [5.74, 6) is -3.10. The summed E-state index contributed by atoms with van der Waals surface area (Å²) in [7, 11) is 0. The SMILES string of the molecule is Fc1ccc([C@@H](F)C2CCN(c3nc4cnccc4nc3NC3CC3)CC2)c(F)c1.O=C(O)C(F)(F)F. The monoisotopic (exact) mass is 527 g/mol. The lowest BCUT2D eigenvalue weighted by molar-refractivity contribution is -0.192. The molecule has 2 aliphatic rings. The highest BCUT2D eigenvalue weighted by Crippen LogP contribution is 2.38. The van der Waals surface area contributed by atoms with Crippen LogP contribution >= 0.6 is 0 Å². The number of hydrogen-bond acceptors (Lipinski definition) is 6. The first-order valence-electron chi connectivity index (χ1n) is 11.6. The van der Waals surface area contributed by atoms with Crippen LogP contribution in [0.1, 0.15) is 37.4 Å². The molecule has 0 amide bonds. The summed E-state index contributed by atoms with van der Waals surface area (Å²) in [4.78, 5) is 24.6. The van der Waals surface area contributed by atoms with Gasteiger partial charge in [0.25, 0.3) is 0 Å². The number of carbonyl (C=O) groups is 1. The van der Waals surface area contributed by atoms with Gasteiger partial charge in [0, 0.05) is 37.0 Å². The Labute approximate surface area is 207 Å². The fourth-order valence-electron chi connectivity index (χ4n) is 4.02. The number of piperidine rings is 1. The highest BCUT2D eigenvalue weighted by atomic mass is 19.4. The fourth-order valence-corrected chi connectivity index (χ4v) is 4.02. The molecule has 0 bridgehead atoms. The van der Waals surface area contributed by atoms with Gasteiger partial charge in [0.2, 0.25) is 0 Å². The van der Waals surface area contributed by atoms with Crippen molar-refractivity contribution in [3.05, 3.63) is 53.9 Å². The van der Waals surface area contributed by atoms with Crippen molar-refractivity contribution in [2.75, 3.05) is 23.3 Å². The number of halogens is 6.